The Morgan fingerprint density at radius 3 is 2.26 bits per heavy atom. The number of carbonyl (C=O) groups excluding carboxylic acids is 2. The van der Waals surface area contributed by atoms with Crippen molar-refractivity contribution >= 4 is 11.8 Å². The van der Waals surface area contributed by atoms with Crippen molar-refractivity contribution in [2.45, 2.75) is 116 Å². The maximum Gasteiger partial charge on any atom is 0.226 e. The molecule has 2 heterocycles. The molecule has 5 rings (SSSR count). The molecule has 9 atom stereocenters. The van der Waals surface area contributed by atoms with Crippen LogP contribution in [0.25, 0.3) is 0 Å². The Balaban J connectivity index is 1.39. The van der Waals surface area contributed by atoms with Crippen LogP contribution in [0, 0.1) is 34.5 Å². The summed E-state index contributed by atoms with van der Waals surface area (Å²) in [4.78, 5) is 30.7. The second-order valence-electron chi connectivity index (χ2n) is 12.5. The van der Waals surface area contributed by atoms with E-state index in [-0.39, 0.29) is 16.7 Å². The van der Waals surface area contributed by atoms with Crippen molar-refractivity contribution in [3.63, 3.8) is 0 Å². The minimum absolute atomic E-state index is 0.175. The second kappa shape index (κ2) is 7.48. The smallest absolute Gasteiger partial charge is 0.226 e. The summed E-state index contributed by atoms with van der Waals surface area (Å²) in [6.45, 7) is 9.51. The highest BCUT2D eigenvalue weighted by Gasteiger charge is 2.62. The first-order valence-electron chi connectivity index (χ1n) is 13.3. The van der Waals surface area contributed by atoms with Gasteiger partial charge in [-0.15, -0.1) is 0 Å². The van der Waals surface area contributed by atoms with E-state index >= 15 is 0 Å². The van der Waals surface area contributed by atoms with E-state index in [0.29, 0.717) is 35.9 Å². The molecule has 2 aliphatic heterocycles. The molecular weight excluding hydrogens is 384 g/mol. The maximum atomic E-state index is 13.9. The van der Waals surface area contributed by atoms with Gasteiger partial charge in [-0.25, -0.2) is 0 Å². The van der Waals surface area contributed by atoms with Crippen LogP contribution in [-0.4, -0.2) is 46.8 Å². The SMILES string of the molecule is CC1CCCC(C)N1C(=O)C1CC[C@H]2[C@@H]3CCC4N(C)C(=O)CC[C@]4(C)[C@@H]3CC[C@]12C. The predicted octanol–water partition coefficient (Wildman–Crippen LogP) is 5.26. The molecule has 174 valence electrons. The molecule has 4 nitrogen and oxygen atoms in total. The first-order chi connectivity index (χ1) is 14.7. The monoisotopic (exact) mass is 428 g/mol. The van der Waals surface area contributed by atoms with Gasteiger partial charge >= 0.3 is 0 Å². The average Bonchev–Trinajstić information content (AvgIpc) is 3.08. The second-order valence-corrected chi connectivity index (χ2v) is 12.5. The fraction of sp³-hybridized carbons (Fsp3) is 0.926. The first-order valence-corrected chi connectivity index (χ1v) is 13.3. The summed E-state index contributed by atoms with van der Waals surface area (Å²) in [7, 11) is 2.04. The van der Waals surface area contributed by atoms with Crippen LogP contribution in [0.5, 0.6) is 0 Å². The zero-order valence-electron chi connectivity index (χ0n) is 20.5. The minimum atomic E-state index is 0.175. The molecule has 3 saturated carbocycles. The van der Waals surface area contributed by atoms with Gasteiger partial charge in [0.05, 0.1) is 0 Å². The Bertz CT molecular complexity index is 742. The fourth-order valence-electron chi connectivity index (χ4n) is 9.59. The van der Waals surface area contributed by atoms with Gasteiger partial charge in [0.15, 0.2) is 0 Å². The third kappa shape index (κ3) is 3.05. The Kier molecular flexibility index (Phi) is 5.26. The number of piperidine rings is 2. The highest BCUT2D eigenvalue weighted by Crippen LogP contribution is 2.66. The van der Waals surface area contributed by atoms with E-state index in [9.17, 15) is 9.59 Å². The van der Waals surface area contributed by atoms with Gasteiger partial charge in [-0.2, -0.15) is 0 Å². The third-order valence-electron chi connectivity index (χ3n) is 11.3. The fourth-order valence-corrected chi connectivity index (χ4v) is 9.59. The molecule has 2 amide bonds. The van der Waals surface area contributed by atoms with Crippen LogP contribution in [0.3, 0.4) is 0 Å². The Morgan fingerprint density at radius 1 is 0.871 bits per heavy atom. The summed E-state index contributed by atoms with van der Waals surface area (Å²) >= 11 is 0. The van der Waals surface area contributed by atoms with Gasteiger partial charge in [-0.05, 0) is 107 Å². The van der Waals surface area contributed by atoms with Crippen molar-refractivity contribution in [2.75, 3.05) is 7.05 Å². The van der Waals surface area contributed by atoms with E-state index < -0.39 is 0 Å². The normalized spacial score (nSPS) is 50.0. The van der Waals surface area contributed by atoms with E-state index in [0.717, 1.165) is 37.5 Å². The van der Waals surface area contributed by atoms with E-state index in [1.54, 1.807) is 0 Å². The van der Waals surface area contributed by atoms with Gasteiger partial charge in [0, 0.05) is 37.5 Å². The summed E-state index contributed by atoms with van der Waals surface area (Å²) in [6, 6.07) is 1.23. The molecule has 5 aliphatic rings. The van der Waals surface area contributed by atoms with Crippen molar-refractivity contribution in [3.8, 4) is 0 Å². The molecule has 2 saturated heterocycles. The van der Waals surface area contributed by atoms with Gasteiger partial charge < -0.3 is 9.80 Å². The van der Waals surface area contributed by atoms with Crippen LogP contribution in [0.4, 0.5) is 0 Å². The van der Waals surface area contributed by atoms with Crippen LogP contribution < -0.4 is 0 Å². The number of fused-ring (bicyclic) bond motifs is 5. The van der Waals surface area contributed by atoms with Crippen molar-refractivity contribution < 1.29 is 9.59 Å². The standard InChI is InChI=1S/C27H44N2O2/c1-17-7-6-8-18(2)29(17)25(31)22-11-10-20-19-9-12-23-27(4,16-14-24(30)28(23)5)21(19)13-15-26(20,22)3/h17-23H,6-16H2,1-5H3/t17?,18?,19-,20-,21+,22?,23?,26-,27+/m0/s1. The molecule has 5 fully saturated rings. The summed E-state index contributed by atoms with van der Waals surface area (Å²) in [5.74, 6) is 3.21. The number of hydrogen-bond acceptors (Lipinski definition) is 2. The van der Waals surface area contributed by atoms with E-state index in [1.165, 1.54) is 44.9 Å². The van der Waals surface area contributed by atoms with Crippen molar-refractivity contribution in [1.29, 1.82) is 0 Å². The quantitative estimate of drug-likeness (QED) is 0.572. The highest BCUT2D eigenvalue weighted by molar-refractivity contribution is 5.81. The van der Waals surface area contributed by atoms with Crippen LogP contribution in [0.1, 0.15) is 98.3 Å². The summed E-state index contributed by atoms with van der Waals surface area (Å²) in [5, 5.41) is 0. The molecule has 4 unspecified atom stereocenters. The van der Waals surface area contributed by atoms with Crippen LogP contribution in [-0.2, 0) is 9.59 Å². The number of rotatable bonds is 1. The molecule has 0 aromatic rings. The molecule has 0 bridgehead atoms. The molecule has 0 radical (unpaired) electrons. The number of likely N-dealkylation sites (tertiary alicyclic amines) is 2. The van der Waals surface area contributed by atoms with Crippen molar-refractivity contribution in [2.24, 2.45) is 34.5 Å². The largest absolute Gasteiger partial charge is 0.342 e. The Morgan fingerprint density at radius 2 is 1.55 bits per heavy atom. The lowest BCUT2D eigenvalue weighted by Gasteiger charge is -2.61. The lowest BCUT2D eigenvalue weighted by atomic mass is 9.47. The molecule has 0 spiro atoms. The Hall–Kier alpha value is -1.06. The molecular formula is C27H44N2O2. The average molecular weight is 429 g/mol. The van der Waals surface area contributed by atoms with Gasteiger partial charge in [0.2, 0.25) is 11.8 Å². The number of amides is 2. The lowest BCUT2D eigenvalue weighted by molar-refractivity contribution is -0.162. The lowest BCUT2D eigenvalue weighted by Crippen LogP contribution is -2.61. The zero-order chi connectivity index (χ0) is 22.1. The molecule has 3 aliphatic carbocycles. The molecule has 0 N–H and O–H groups in total. The first kappa shape index (κ1) is 21.8. The number of hydrogen-bond donors (Lipinski definition) is 0. The van der Waals surface area contributed by atoms with Crippen LogP contribution >= 0.6 is 0 Å². The summed E-state index contributed by atoms with van der Waals surface area (Å²) in [6.07, 6.45) is 12.6. The Labute approximate surface area is 189 Å². The van der Waals surface area contributed by atoms with Crippen molar-refractivity contribution in [3.05, 3.63) is 0 Å². The number of nitrogens with zero attached hydrogens (tertiary/aromatic N) is 2. The van der Waals surface area contributed by atoms with Crippen LogP contribution in [0.2, 0.25) is 0 Å². The number of carbonyl (C=O) groups is 2. The van der Waals surface area contributed by atoms with Crippen molar-refractivity contribution in [1.82, 2.24) is 9.80 Å². The summed E-state index contributed by atoms with van der Waals surface area (Å²) < 4.78 is 0. The van der Waals surface area contributed by atoms with Gasteiger partial charge in [0.1, 0.15) is 0 Å². The minimum Gasteiger partial charge on any atom is -0.342 e. The summed E-state index contributed by atoms with van der Waals surface area (Å²) in [5.41, 5.74) is 0.444. The van der Waals surface area contributed by atoms with Gasteiger partial charge in [-0.1, -0.05) is 13.8 Å². The highest BCUT2D eigenvalue weighted by atomic mass is 16.2. The zero-order valence-corrected chi connectivity index (χ0v) is 20.5. The molecule has 0 aromatic heterocycles. The van der Waals surface area contributed by atoms with Gasteiger partial charge in [0.25, 0.3) is 0 Å². The van der Waals surface area contributed by atoms with E-state index in [2.05, 4.69) is 37.5 Å². The molecule has 31 heavy (non-hydrogen) atoms. The molecule has 4 heteroatoms. The predicted molar refractivity (Wildman–Crippen MR) is 123 cm³/mol. The molecule has 0 aromatic carbocycles. The topological polar surface area (TPSA) is 40.6 Å². The van der Waals surface area contributed by atoms with Crippen LogP contribution in [0.15, 0.2) is 0 Å². The van der Waals surface area contributed by atoms with E-state index in [4.69, 9.17) is 0 Å². The van der Waals surface area contributed by atoms with E-state index in [1.807, 2.05) is 7.05 Å². The van der Waals surface area contributed by atoms with Gasteiger partial charge in [-0.3, -0.25) is 9.59 Å². The third-order valence-corrected chi connectivity index (χ3v) is 11.3. The maximum absolute atomic E-state index is 13.9.